The van der Waals surface area contributed by atoms with Crippen LogP contribution in [0.1, 0.15) is 33.8 Å². The Bertz CT molecular complexity index is 640. The maximum atomic E-state index is 13.1. The maximum absolute atomic E-state index is 13.1. The third kappa shape index (κ3) is 2.94. The van der Waals surface area contributed by atoms with Gasteiger partial charge in [0, 0.05) is 15.8 Å². The normalized spacial score (nSPS) is 11.9. The molecule has 1 unspecified atom stereocenters. The maximum Gasteiger partial charge on any atom is 0.124 e. The zero-order chi connectivity index (χ0) is 14.0. The third-order valence-corrected chi connectivity index (χ3v) is 4.00. The van der Waals surface area contributed by atoms with E-state index in [-0.39, 0.29) is 6.04 Å². The Hall–Kier alpha value is -1.86. The van der Waals surface area contributed by atoms with E-state index >= 15 is 0 Å². The number of nitrogens with zero attached hydrogens (tertiary/aromatic N) is 1. The number of nitriles is 1. The van der Waals surface area contributed by atoms with Crippen LogP contribution in [0.2, 0.25) is 0 Å². The van der Waals surface area contributed by atoms with Crippen molar-refractivity contribution in [3.05, 3.63) is 51.0 Å². The molecule has 0 radical (unpaired) electrons. The molecule has 2 nitrogen and oxygen atoms in total. The lowest BCUT2D eigenvalue weighted by Crippen LogP contribution is -2.08. The molecule has 19 heavy (non-hydrogen) atoms. The molecular weight excluding hydrogens is 259 g/mol. The SMILES string of the molecule is Cc1cc(C(C)Nc2ccc(F)cc2C#N)c(C)s1. The van der Waals surface area contributed by atoms with Crippen LogP contribution in [0.15, 0.2) is 24.3 Å². The molecule has 0 bridgehead atoms. The number of hydrogen-bond acceptors (Lipinski definition) is 3. The largest absolute Gasteiger partial charge is 0.377 e. The minimum atomic E-state index is -0.391. The monoisotopic (exact) mass is 274 g/mol. The first kappa shape index (κ1) is 13.6. The highest BCUT2D eigenvalue weighted by atomic mass is 32.1. The van der Waals surface area contributed by atoms with Crippen molar-refractivity contribution in [1.82, 2.24) is 0 Å². The molecular formula is C15H15FN2S. The van der Waals surface area contributed by atoms with Crippen molar-refractivity contribution in [2.24, 2.45) is 0 Å². The van der Waals surface area contributed by atoms with Gasteiger partial charge in [-0.1, -0.05) is 0 Å². The number of rotatable bonds is 3. The molecule has 2 rings (SSSR count). The van der Waals surface area contributed by atoms with Gasteiger partial charge in [-0.05, 0) is 50.6 Å². The summed E-state index contributed by atoms with van der Waals surface area (Å²) in [4.78, 5) is 2.53. The van der Waals surface area contributed by atoms with Crippen LogP contribution >= 0.6 is 11.3 Å². The summed E-state index contributed by atoms with van der Waals surface area (Å²) in [5, 5.41) is 12.3. The zero-order valence-corrected chi connectivity index (χ0v) is 11.9. The second-order valence-electron chi connectivity index (χ2n) is 4.54. The van der Waals surface area contributed by atoms with Crippen LogP contribution in [-0.2, 0) is 0 Å². The van der Waals surface area contributed by atoms with Crippen molar-refractivity contribution >= 4 is 17.0 Å². The molecule has 0 aliphatic heterocycles. The lowest BCUT2D eigenvalue weighted by molar-refractivity contribution is 0.627. The summed E-state index contributed by atoms with van der Waals surface area (Å²) in [5.74, 6) is -0.391. The van der Waals surface area contributed by atoms with Gasteiger partial charge in [-0.15, -0.1) is 11.3 Å². The molecule has 4 heteroatoms. The Morgan fingerprint density at radius 1 is 1.32 bits per heavy atom. The highest BCUT2D eigenvalue weighted by Crippen LogP contribution is 2.29. The van der Waals surface area contributed by atoms with Crippen LogP contribution in [0.4, 0.5) is 10.1 Å². The smallest absolute Gasteiger partial charge is 0.124 e. The van der Waals surface area contributed by atoms with Gasteiger partial charge in [0.15, 0.2) is 0 Å². The first-order chi connectivity index (χ1) is 9.01. The molecule has 0 aliphatic carbocycles. The van der Waals surface area contributed by atoms with Gasteiger partial charge < -0.3 is 5.32 Å². The van der Waals surface area contributed by atoms with Gasteiger partial charge in [-0.25, -0.2) is 4.39 Å². The van der Waals surface area contributed by atoms with E-state index in [4.69, 9.17) is 5.26 Å². The van der Waals surface area contributed by atoms with Crippen LogP contribution in [0.3, 0.4) is 0 Å². The van der Waals surface area contributed by atoms with Crippen LogP contribution in [0.5, 0.6) is 0 Å². The highest BCUT2D eigenvalue weighted by Gasteiger charge is 2.13. The summed E-state index contributed by atoms with van der Waals surface area (Å²) >= 11 is 1.76. The van der Waals surface area contributed by atoms with E-state index in [1.807, 2.05) is 13.0 Å². The number of thiophene rings is 1. The summed E-state index contributed by atoms with van der Waals surface area (Å²) in [6, 6.07) is 8.47. The Balaban J connectivity index is 2.27. The Morgan fingerprint density at radius 2 is 2.05 bits per heavy atom. The summed E-state index contributed by atoms with van der Waals surface area (Å²) in [7, 11) is 0. The number of aryl methyl sites for hydroxylation is 2. The second-order valence-corrected chi connectivity index (χ2v) is 6.00. The fourth-order valence-corrected chi connectivity index (χ4v) is 3.15. The first-order valence-electron chi connectivity index (χ1n) is 6.04. The van der Waals surface area contributed by atoms with Gasteiger partial charge >= 0.3 is 0 Å². The molecule has 1 aromatic heterocycles. The van der Waals surface area contributed by atoms with Crippen molar-refractivity contribution in [1.29, 1.82) is 5.26 Å². The molecule has 0 aliphatic rings. The molecule has 2 aromatic rings. The van der Waals surface area contributed by atoms with Crippen LogP contribution in [0, 0.1) is 31.0 Å². The van der Waals surface area contributed by atoms with E-state index in [0.29, 0.717) is 11.3 Å². The van der Waals surface area contributed by atoms with E-state index in [1.54, 1.807) is 17.4 Å². The van der Waals surface area contributed by atoms with Gasteiger partial charge in [-0.3, -0.25) is 0 Å². The number of hydrogen-bond donors (Lipinski definition) is 1. The van der Waals surface area contributed by atoms with E-state index in [0.717, 1.165) is 0 Å². The molecule has 1 heterocycles. The molecule has 0 amide bonds. The third-order valence-electron chi connectivity index (χ3n) is 3.02. The molecule has 0 saturated carbocycles. The van der Waals surface area contributed by atoms with Crippen LogP contribution in [0.25, 0.3) is 0 Å². The quantitative estimate of drug-likeness (QED) is 0.891. The Morgan fingerprint density at radius 3 is 2.63 bits per heavy atom. The standard InChI is InChI=1S/C15H15FN2S/c1-9-6-14(11(3)19-9)10(2)18-15-5-4-13(16)7-12(15)8-17/h4-7,10,18H,1-3H3. The molecule has 1 atom stereocenters. The van der Waals surface area contributed by atoms with Crippen LogP contribution < -0.4 is 5.32 Å². The second kappa shape index (κ2) is 5.41. The van der Waals surface area contributed by atoms with Gasteiger partial charge in [-0.2, -0.15) is 5.26 Å². The summed E-state index contributed by atoms with van der Waals surface area (Å²) in [6.07, 6.45) is 0. The lowest BCUT2D eigenvalue weighted by atomic mass is 10.1. The molecule has 0 saturated heterocycles. The van der Waals surface area contributed by atoms with E-state index in [9.17, 15) is 4.39 Å². The van der Waals surface area contributed by atoms with Crippen molar-refractivity contribution < 1.29 is 4.39 Å². The van der Waals surface area contributed by atoms with E-state index < -0.39 is 5.82 Å². The summed E-state index contributed by atoms with van der Waals surface area (Å²) < 4.78 is 13.1. The topological polar surface area (TPSA) is 35.8 Å². The van der Waals surface area contributed by atoms with Gasteiger partial charge in [0.25, 0.3) is 0 Å². The molecule has 0 fully saturated rings. The van der Waals surface area contributed by atoms with Crippen LogP contribution in [-0.4, -0.2) is 0 Å². The number of halogens is 1. The Kier molecular flexibility index (Phi) is 3.87. The van der Waals surface area contributed by atoms with Crippen molar-refractivity contribution in [2.45, 2.75) is 26.8 Å². The lowest BCUT2D eigenvalue weighted by Gasteiger charge is -2.16. The van der Waals surface area contributed by atoms with E-state index in [1.165, 1.54) is 27.5 Å². The van der Waals surface area contributed by atoms with Crippen molar-refractivity contribution in [3.63, 3.8) is 0 Å². The first-order valence-corrected chi connectivity index (χ1v) is 6.86. The number of benzene rings is 1. The molecule has 1 aromatic carbocycles. The summed E-state index contributed by atoms with van der Waals surface area (Å²) in [6.45, 7) is 6.20. The fourth-order valence-electron chi connectivity index (χ4n) is 2.13. The molecule has 98 valence electrons. The predicted molar refractivity (Wildman–Crippen MR) is 76.9 cm³/mol. The number of nitrogens with one attached hydrogen (secondary N) is 1. The molecule has 1 N–H and O–H groups in total. The zero-order valence-electron chi connectivity index (χ0n) is 11.1. The average Bonchev–Trinajstić information content (AvgIpc) is 2.70. The van der Waals surface area contributed by atoms with Gasteiger partial charge in [0.2, 0.25) is 0 Å². The Labute approximate surface area is 116 Å². The highest BCUT2D eigenvalue weighted by molar-refractivity contribution is 7.12. The van der Waals surface area contributed by atoms with Crippen molar-refractivity contribution in [2.75, 3.05) is 5.32 Å². The summed E-state index contributed by atoms with van der Waals surface area (Å²) in [5.41, 5.74) is 2.21. The fraction of sp³-hybridized carbons (Fsp3) is 0.267. The van der Waals surface area contributed by atoms with Gasteiger partial charge in [0.1, 0.15) is 11.9 Å². The minimum Gasteiger partial charge on any atom is -0.377 e. The predicted octanol–water partition coefficient (Wildman–Crippen LogP) is 4.55. The van der Waals surface area contributed by atoms with E-state index in [2.05, 4.69) is 25.2 Å². The number of anilines is 1. The van der Waals surface area contributed by atoms with Crippen molar-refractivity contribution in [3.8, 4) is 6.07 Å². The van der Waals surface area contributed by atoms with Gasteiger partial charge in [0.05, 0.1) is 11.3 Å². The average molecular weight is 274 g/mol. The minimum absolute atomic E-state index is 0.0857. The molecule has 0 spiro atoms.